The van der Waals surface area contributed by atoms with Crippen LogP contribution in [0.3, 0.4) is 0 Å². The van der Waals surface area contributed by atoms with Gasteiger partial charge in [-0.2, -0.15) is 0 Å². The minimum atomic E-state index is -3.97. The number of hydrogen-bond acceptors (Lipinski definition) is 3. The molecule has 0 aromatic heterocycles. The highest BCUT2D eigenvalue weighted by Gasteiger charge is 2.26. The van der Waals surface area contributed by atoms with E-state index in [4.69, 9.17) is 16.7 Å². The first-order chi connectivity index (χ1) is 8.91. The first-order valence-corrected chi connectivity index (χ1v) is 7.94. The summed E-state index contributed by atoms with van der Waals surface area (Å²) in [6.45, 7) is 1.24. The molecule has 0 aliphatic carbocycles. The molecule has 0 radical (unpaired) electrons. The first-order valence-electron chi connectivity index (χ1n) is 6.02. The van der Waals surface area contributed by atoms with Gasteiger partial charge in [0.1, 0.15) is 0 Å². The van der Waals surface area contributed by atoms with Gasteiger partial charge in [0.25, 0.3) is 5.91 Å². The summed E-state index contributed by atoms with van der Waals surface area (Å²) in [5, 5.41) is 5.25. The second kappa shape index (κ2) is 5.48. The van der Waals surface area contributed by atoms with Gasteiger partial charge in [0, 0.05) is 13.1 Å². The van der Waals surface area contributed by atoms with E-state index in [0.717, 1.165) is 19.3 Å². The number of piperidine rings is 1. The fraction of sp³-hybridized carbons (Fsp3) is 0.417. The molecule has 1 amide bonds. The molecule has 104 valence electrons. The van der Waals surface area contributed by atoms with E-state index in [0.29, 0.717) is 13.1 Å². The molecule has 1 heterocycles. The van der Waals surface area contributed by atoms with Crippen LogP contribution in [0, 0.1) is 0 Å². The Bertz CT molecular complexity index is 595. The molecule has 2 N–H and O–H groups in total. The Morgan fingerprint density at radius 2 is 1.84 bits per heavy atom. The second-order valence-corrected chi connectivity index (χ2v) is 6.45. The largest absolute Gasteiger partial charge is 0.339 e. The molecule has 19 heavy (non-hydrogen) atoms. The van der Waals surface area contributed by atoms with Gasteiger partial charge in [-0.15, -0.1) is 0 Å². The molecule has 2 rings (SSSR count). The van der Waals surface area contributed by atoms with E-state index in [9.17, 15) is 13.2 Å². The Morgan fingerprint density at radius 3 is 2.42 bits per heavy atom. The number of benzene rings is 1. The summed E-state index contributed by atoms with van der Waals surface area (Å²) in [7, 11) is -3.97. The first kappa shape index (κ1) is 14.3. The molecule has 0 unspecified atom stereocenters. The van der Waals surface area contributed by atoms with Gasteiger partial charge < -0.3 is 4.90 Å². The van der Waals surface area contributed by atoms with Gasteiger partial charge in [-0.3, -0.25) is 4.79 Å². The van der Waals surface area contributed by atoms with Crippen molar-refractivity contribution in [2.24, 2.45) is 5.14 Å². The van der Waals surface area contributed by atoms with Crippen LogP contribution in [0.1, 0.15) is 29.6 Å². The van der Waals surface area contributed by atoms with Crippen molar-refractivity contribution in [1.29, 1.82) is 0 Å². The van der Waals surface area contributed by atoms with Gasteiger partial charge in [-0.25, -0.2) is 13.6 Å². The summed E-state index contributed by atoms with van der Waals surface area (Å²) in [5.74, 6) is -0.366. The minimum absolute atomic E-state index is 0.0198. The smallest absolute Gasteiger partial charge is 0.256 e. The Kier molecular flexibility index (Phi) is 4.13. The predicted octanol–water partition coefficient (Wildman–Crippen LogP) is 1.61. The Morgan fingerprint density at radius 1 is 1.21 bits per heavy atom. The van der Waals surface area contributed by atoms with E-state index in [2.05, 4.69) is 0 Å². The van der Waals surface area contributed by atoms with Crippen molar-refractivity contribution in [3.8, 4) is 0 Å². The molecule has 0 atom stereocenters. The van der Waals surface area contributed by atoms with Crippen LogP contribution in [0.15, 0.2) is 23.1 Å². The summed E-state index contributed by atoms with van der Waals surface area (Å²) in [4.78, 5) is 13.8. The highest BCUT2D eigenvalue weighted by molar-refractivity contribution is 7.89. The highest BCUT2D eigenvalue weighted by Crippen LogP contribution is 2.26. The lowest BCUT2D eigenvalue weighted by atomic mass is 10.1. The minimum Gasteiger partial charge on any atom is -0.339 e. The van der Waals surface area contributed by atoms with Crippen molar-refractivity contribution >= 4 is 27.5 Å². The van der Waals surface area contributed by atoms with Crippen molar-refractivity contribution < 1.29 is 13.2 Å². The molecule has 1 aliphatic rings. The van der Waals surface area contributed by atoms with Crippen LogP contribution < -0.4 is 5.14 Å². The summed E-state index contributed by atoms with van der Waals surface area (Å²) >= 11 is 5.98. The normalized spacial score (nSPS) is 16.4. The standard InChI is InChI=1S/C12H15ClN2O3S/c13-9-5-4-6-10(19(14,17)18)11(9)12(16)15-7-2-1-3-8-15/h4-6H,1-3,7-8H2,(H2,14,17,18). The van der Waals surface area contributed by atoms with Crippen molar-refractivity contribution in [1.82, 2.24) is 4.90 Å². The topological polar surface area (TPSA) is 80.5 Å². The van der Waals surface area contributed by atoms with Crippen molar-refractivity contribution in [3.05, 3.63) is 28.8 Å². The molecule has 1 aromatic rings. The number of nitrogens with two attached hydrogens (primary N) is 1. The van der Waals surface area contributed by atoms with Gasteiger partial charge in [-0.1, -0.05) is 17.7 Å². The van der Waals surface area contributed by atoms with E-state index in [-0.39, 0.29) is 21.4 Å². The van der Waals surface area contributed by atoms with Crippen molar-refractivity contribution in [2.75, 3.05) is 13.1 Å². The molecule has 0 spiro atoms. The molecule has 1 fully saturated rings. The molecule has 0 bridgehead atoms. The third kappa shape index (κ3) is 3.08. The fourth-order valence-electron chi connectivity index (χ4n) is 2.20. The molecule has 5 nitrogen and oxygen atoms in total. The zero-order valence-electron chi connectivity index (χ0n) is 10.3. The zero-order valence-corrected chi connectivity index (χ0v) is 11.9. The number of primary sulfonamides is 1. The number of amides is 1. The van der Waals surface area contributed by atoms with Crippen molar-refractivity contribution in [2.45, 2.75) is 24.2 Å². The lowest BCUT2D eigenvalue weighted by Crippen LogP contribution is -2.36. The third-order valence-corrected chi connectivity index (χ3v) is 4.41. The Hall–Kier alpha value is -1.11. The van der Waals surface area contributed by atoms with Crippen LogP contribution in [0.4, 0.5) is 0 Å². The maximum absolute atomic E-state index is 12.4. The van der Waals surface area contributed by atoms with Crippen LogP contribution in [0.25, 0.3) is 0 Å². The number of sulfonamides is 1. The van der Waals surface area contributed by atoms with Gasteiger partial charge in [0.15, 0.2) is 0 Å². The Balaban J connectivity index is 2.46. The number of halogens is 1. The maximum atomic E-state index is 12.4. The number of rotatable bonds is 2. The number of carbonyl (C=O) groups is 1. The lowest BCUT2D eigenvalue weighted by Gasteiger charge is -2.27. The molecule has 1 aromatic carbocycles. The molecule has 0 saturated carbocycles. The molecule has 1 saturated heterocycles. The summed E-state index contributed by atoms with van der Waals surface area (Å²) in [6.07, 6.45) is 2.91. The monoisotopic (exact) mass is 302 g/mol. The Labute approximate surface area is 117 Å². The summed E-state index contributed by atoms with van der Waals surface area (Å²) in [6, 6.07) is 4.26. The van der Waals surface area contributed by atoms with E-state index < -0.39 is 10.0 Å². The SMILES string of the molecule is NS(=O)(=O)c1cccc(Cl)c1C(=O)N1CCCCC1. The molecule has 7 heteroatoms. The highest BCUT2D eigenvalue weighted by atomic mass is 35.5. The van der Waals surface area contributed by atoms with Gasteiger partial charge >= 0.3 is 0 Å². The van der Waals surface area contributed by atoms with E-state index in [1.54, 1.807) is 4.90 Å². The molecular formula is C12H15ClN2O3S. The zero-order chi connectivity index (χ0) is 14.0. The quantitative estimate of drug-likeness (QED) is 0.901. The van der Waals surface area contributed by atoms with E-state index >= 15 is 0 Å². The fourth-order valence-corrected chi connectivity index (χ4v) is 3.27. The van der Waals surface area contributed by atoms with Crippen LogP contribution >= 0.6 is 11.6 Å². The predicted molar refractivity (Wildman–Crippen MR) is 72.6 cm³/mol. The molecular weight excluding hydrogens is 288 g/mol. The molecule has 1 aliphatic heterocycles. The van der Waals surface area contributed by atoms with Gasteiger partial charge in [0.05, 0.1) is 15.5 Å². The van der Waals surface area contributed by atoms with Crippen molar-refractivity contribution in [3.63, 3.8) is 0 Å². The second-order valence-electron chi connectivity index (χ2n) is 4.51. The van der Waals surface area contributed by atoms with Crippen LogP contribution in [0.5, 0.6) is 0 Å². The summed E-state index contributed by atoms with van der Waals surface area (Å²) < 4.78 is 23.1. The number of hydrogen-bond donors (Lipinski definition) is 1. The number of carbonyl (C=O) groups excluding carboxylic acids is 1. The number of nitrogens with zero attached hydrogens (tertiary/aromatic N) is 1. The number of likely N-dealkylation sites (tertiary alicyclic amines) is 1. The third-order valence-electron chi connectivity index (χ3n) is 3.14. The maximum Gasteiger partial charge on any atom is 0.256 e. The van der Waals surface area contributed by atoms with E-state index in [1.807, 2.05) is 0 Å². The van der Waals surface area contributed by atoms with Gasteiger partial charge in [-0.05, 0) is 31.4 Å². The van der Waals surface area contributed by atoms with Crippen LogP contribution in [-0.4, -0.2) is 32.3 Å². The van der Waals surface area contributed by atoms with Crippen LogP contribution in [0.2, 0.25) is 5.02 Å². The van der Waals surface area contributed by atoms with Gasteiger partial charge in [0.2, 0.25) is 10.0 Å². The average molecular weight is 303 g/mol. The van der Waals surface area contributed by atoms with E-state index in [1.165, 1.54) is 18.2 Å². The van der Waals surface area contributed by atoms with Crippen LogP contribution in [-0.2, 0) is 10.0 Å². The lowest BCUT2D eigenvalue weighted by molar-refractivity contribution is 0.0720. The average Bonchev–Trinajstić information content (AvgIpc) is 2.37. The summed E-state index contributed by atoms with van der Waals surface area (Å²) in [5.41, 5.74) is -0.0198.